The number of rotatable bonds is 5. The monoisotopic (exact) mass is 222 g/mol. The summed E-state index contributed by atoms with van der Waals surface area (Å²) in [7, 11) is 0. The maximum Gasteiger partial charge on any atom is 0.239 e. The molecule has 0 spiro atoms. The highest BCUT2D eigenvalue weighted by Gasteiger charge is 2.29. The van der Waals surface area contributed by atoms with Gasteiger partial charge in [-0.1, -0.05) is 0 Å². The lowest BCUT2D eigenvalue weighted by Crippen LogP contribution is -2.34. The van der Waals surface area contributed by atoms with E-state index in [0.717, 1.165) is 18.4 Å². The predicted molar refractivity (Wildman–Crippen MR) is 60.7 cm³/mol. The van der Waals surface area contributed by atoms with E-state index in [0.29, 0.717) is 12.1 Å². The van der Waals surface area contributed by atoms with E-state index in [4.69, 9.17) is 5.73 Å². The fraction of sp³-hybridized carbons (Fsp3) is 0.636. The zero-order valence-electron chi connectivity index (χ0n) is 9.68. The van der Waals surface area contributed by atoms with Crippen LogP contribution in [0.3, 0.4) is 0 Å². The van der Waals surface area contributed by atoms with Gasteiger partial charge in [0, 0.05) is 23.8 Å². The number of nitrogens with two attached hydrogens (primary N) is 1. The van der Waals surface area contributed by atoms with Crippen LogP contribution in [0.4, 0.5) is 0 Å². The van der Waals surface area contributed by atoms with Crippen molar-refractivity contribution in [1.29, 1.82) is 0 Å². The molecule has 1 aromatic heterocycles. The van der Waals surface area contributed by atoms with Gasteiger partial charge in [0.05, 0.1) is 6.20 Å². The van der Waals surface area contributed by atoms with E-state index in [1.54, 1.807) is 6.20 Å². The lowest BCUT2D eigenvalue weighted by molar-refractivity contribution is -0.120. The van der Waals surface area contributed by atoms with Gasteiger partial charge in [-0.15, -0.1) is 0 Å². The fourth-order valence-corrected chi connectivity index (χ4v) is 1.61. The summed E-state index contributed by atoms with van der Waals surface area (Å²) in [5, 5.41) is 7.45. The van der Waals surface area contributed by atoms with Crippen LogP contribution < -0.4 is 11.1 Å². The van der Waals surface area contributed by atoms with Crippen molar-refractivity contribution < 1.29 is 4.79 Å². The lowest BCUT2D eigenvalue weighted by atomic mass is 10.1. The Kier molecular flexibility index (Phi) is 2.96. The highest BCUT2D eigenvalue weighted by atomic mass is 16.1. The van der Waals surface area contributed by atoms with E-state index < -0.39 is 6.04 Å². The Balaban J connectivity index is 2.13. The first kappa shape index (κ1) is 11.1. The second kappa shape index (κ2) is 4.25. The van der Waals surface area contributed by atoms with Gasteiger partial charge in [0.25, 0.3) is 0 Å². The van der Waals surface area contributed by atoms with Gasteiger partial charge >= 0.3 is 0 Å². The molecule has 0 radical (unpaired) electrons. The first-order chi connectivity index (χ1) is 7.58. The van der Waals surface area contributed by atoms with Gasteiger partial charge in [0.2, 0.25) is 5.91 Å². The van der Waals surface area contributed by atoms with Crippen molar-refractivity contribution in [3.63, 3.8) is 0 Å². The molecule has 2 rings (SSSR count). The summed E-state index contributed by atoms with van der Waals surface area (Å²) >= 11 is 0. The molecule has 16 heavy (non-hydrogen) atoms. The van der Waals surface area contributed by atoms with Crippen LogP contribution in [-0.2, 0) is 4.79 Å². The smallest absolute Gasteiger partial charge is 0.239 e. The molecular formula is C11H18N4O. The molecule has 88 valence electrons. The van der Waals surface area contributed by atoms with Crippen molar-refractivity contribution in [3.8, 4) is 0 Å². The summed E-state index contributed by atoms with van der Waals surface area (Å²) in [6, 6.07) is 0.336. The van der Waals surface area contributed by atoms with Gasteiger partial charge in [-0.3, -0.25) is 14.8 Å². The Morgan fingerprint density at radius 2 is 2.31 bits per heavy atom. The van der Waals surface area contributed by atoms with Crippen LogP contribution in [0.5, 0.6) is 0 Å². The molecule has 1 amide bonds. The number of primary amides is 1. The molecule has 1 aromatic rings. The standard InChI is InChI=1S/C11H18N4O/c1-7(2)15-6-8(5-13-15)10(11(12)16)14-9-3-4-9/h5-7,9-10,14H,3-4H2,1-2H3,(H2,12,16). The maximum atomic E-state index is 11.4. The molecule has 0 aromatic carbocycles. The number of hydrogen-bond acceptors (Lipinski definition) is 3. The minimum atomic E-state index is -0.403. The average molecular weight is 222 g/mol. The first-order valence-electron chi connectivity index (χ1n) is 5.67. The van der Waals surface area contributed by atoms with Crippen LogP contribution in [0.25, 0.3) is 0 Å². The minimum Gasteiger partial charge on any atom is -0.368 e. The maximum absolute atomic E-state index is 11.4. The van der Waals surface area contributed by atoms with E-state index in [1.807, 2.05) is 24.7 Å². The third-order valence-electron chi connectivity index (χ3n) is 2.75. The SMILES string of the molecule is CC(C)n1cc(C(NC2CC2)C(N)=O)cn1. The zero-order valence-corrected chi connectivity index (χ0v) is 9.68. The molecule has 1 aliphatic carbocycles. The van der Waals surface area contributed by atoms with Crippen molar-refractivity contribution in [3.05, 3.63) is 18.0 Å². The van der Waals surface area contributed by atoms with Crippen LogP contribution in [0, 0.1) is 0 Å². The van der Waals surface area contributed by atoms with Gasteiger partial charge in [-0.2, -0.15) is 5.10 Å². The number of hydrogen-bond donors (Lipinski definition) is 2. The molecule has 1 unspecified atom stereocenters. The van der Waals surface area contributed by atoms with E-state index in [2.05, 4.69) is 10.4 Å². The summed E-state index contributed by atoms with van der Waals surface area (Å²) in [6.45, 7) is 4.09. The topological polar surface area (TPSA) is 72.9 Å². The highest BCUT2D eigenvalue weighted by molar-refractivity contribution is 5.81. The number of carbonyl (C=O) groups is 1. The number of carbonyl (C=O) groups excluding carboxylic acids is 1. The van der Waals surface area contributed by atoms with Crippen LogP contribution >= 0.6 is 0 Å². The number of nitrogens with one attached hydrogen (secondary N) is 1. The van der Waals surface area contributed by atoms with Crippen molar-refractivity contribution in [2.75, 3.05) is 0 Å². The Bertz CT molecular complexity index is 381. The molecule has 5 nitrogen and oxygen atoms in total. The molecule has 1 aliphatic rings. The zero-order chi connectivity index (χ0) is 11.7. The quantitative estimate of drug-likeness (QED) is 0.771. The Morgan fingerprint density at radius 3 is 2.75 bits per heavy atom. The van der Waals surface area contributed by atoms with Crippen LogP contribution in [0.2, 0.25) is 0 Å². The summed E-state index contributed by atoms with van der Waals surface area (Å²) in [5.74, 6) is -0.338. The van der Waals surface area contributed by atoms with Gasteiger partial charge in [0.15, 0.2) is 0 Å². The molecular weight excluding hydrogens is 204 g/mol. The molecule has 3 N–H and O–H groups in total. The minimum absolute atomic E-state index is 0.295. The van der Waals surface area contributed by atoms with E-state index >= 15 is 0 Å². The van der Waals surface area contributed by atoms with Crippen molar-refractivity contribution in [2.45, 2.75) is 44.8 Å². The summed E-state index contributed by atoms with van der Waals surface area (Å²) in [6.07, 6.45) is 5.85. The van der Waals surface area contributed by atoms with Crippen molar-refractivity contribution in [2.24, 2.45) is 5.73 Å². The van der Waals surface area contributed by atoms with Crippen molar-refractivity contribution in [1.82, 2.24) is 15.1 Å². The molecule has 0 saturated heterocycles. The lowest BCUT2D eigenvalue weighted by Gasteiger charge is -2.12. The molecule has 0 bridgehead atoms. The van der Waals surface area contributed by atoms with E-state index in [1.165, 1.54) is 0 Å². The van der Waals surface area contributed by atoms with Crippen LogP contribution in [0.1, 0.15) is 44.3 Å². The second-order valence-corrected chi connectivity index (χ2v) is 4.62. The highest BCUT2D eigenvalue weighted by Crippen LogP contribution is 2.24. The normalized spacial score (nSPS) is 17.7. The average Bonchev–Trinajstić information content (AvgIpc) is 2.89. The number of amides is 1. The van der Waals surface area contributed by atoms with Crippen LogP contribution in [-0.4, -0.2) is 21.7 Å². The molecule has 1 saturated carbocycles. The second-order valence-electron chi connectivity index (χ2n) is 4.62. The third-order valence-corrected chi connectivity index (χ3v) is 2.75. The molecule has 1 atom stereocenters. The fourth-order valence-electron chi connectivity index (χ4n) is 1.61. The van der Waals surface area contributed by atoms with E-state index in [9.17, 15) is 4.79 Å². The van der Waals surface area contributed by atoms with Gasteiger partial charge in [-0.05, 0) is 26.7 Å². The Labute approximate surface area is 95.0 Å². The molecule has 5 heteroatoms. The largest absolute Gasteiger partial charge is 0.368 e. The third kappa shape index (κ3) is 2.41. The first-order valence-corrected chi connectivity index (χ1v) is 5.67. The summed E-state index contributed by atoms with van der Waals surface area (Å²) in [4.78, 5) is 11.4. The van der Waals surface area contributed by atoms with Gasteiger partial charge in [-0.25, -0.2) is 0 Å². The van der Waals surface area contributed by atoms with Gasteiger partial charge < -0.3 is 5.73 Å². The predicted octanol–water partition coefficient (Wildman–Crippen LogP) is 0.742. The Morgan fingerprint density at radius 1 is 1.62 bits per heavy atom. The molecule has 1 heterocycles. The molecule has 1 fully saturated rings. The molecule has 0 aliphatic heterocycles. The van der Waals surface area contributed by atoms with E-state index in [-0.39, 0.29) is 5.91 Å². The summed E-state index contributed by atoms with van der Waals surface area (Å²) < 4.78 is 1.83. The van der Waals surface area contributed by atoms with Crippen molar-refractivity contribution >= 4 is 5.91 Å². The number of nitrogens with zero attached hydrogens (tertiary/aromatic N) is 2. The van der Waals surface area contributed by atoms with Gasteiger partial charge in [0.1, 0.15) is 6.04 Å². The Hall–Kier alpha value is -1.36. The van der Waals surface area contributed by atoms with Crippen LogP contribution in [0.15, 0.2) is 12.4 Å². The summed E-state index contributed by atoms with van der Waals surface area (Å²) in [5.41, 5.74) is 6.25. The number of aromatic nitrogens is 2.